The Kier molecular flexibility index (Phi) is 7.13. The summed E-state index contributed by atoms with van der Waals surface area (Å²) in [5, 5.41) is 9.82. The van der Waals surface area contributed by atoms with Crippen LogP contribution in [0.5, 0.6) is 28.7 Å². The highest BCUT2D eigenvalue weighted by Crippen LogP contribution is 2.47. The van der Waals surface area contributed by atoms with Crippen molar-refractivity contribution in [3.63, 3.8) is 0 Å². The highest BCUT2D eigenvalue weighted by molar-refractivity contribution is 9.10. The molecule has 0 amide bonds. The first kappa shape index (κ1) is 24.0. The van der Waals surface area contributed by atoms with Gasteiger partial charge in [-0.15, -0.1) is 0 Å². The molecule has 1 unspecified atom stereocenters. The lowest BCUT2D eigenvalue weighted by Gasteiger charge is -2.28. The molecule has 0 spiro atoms. The Morgan fingerprint density at radius 3 is 2.49 bits per heavy atom. The van der Waals surface area contributed by atoms with Crippen molar-refractivity contribution in [1.29, 1.82) is 5.26 Å². The summed E-state index contributed by atoms with van der Waals surface area (Å²) in [4.78, 5) is 12.3. The summed E-state index contributed by atoms with van der Waals surface area (Å²) < 4.78 is 28.5. The standard InChI is InChI=1S/C26H21BrN2O6/c1-31-21-5-3-4-19(25(21)32-2)24-18-11-10-17(12-22(18)35-26(29)20(24)13-28)34-23(30)14-33-16-8-6-15(27)7-9-16/h3-12,24H,14,29H2,1-2H3. The van der Waals surface area contributed by atoms with Crippen LogP contribution < -0.4 is 29.4 Å². The number of para-hydroxylation sites is 1. The maximum atomic E-state index is 12.3. The van der Waals surface area contributed by atoms with Gasteiger partial charge in [-0.05, 0) is 36.4 Å². The fourth-order valence-corrected chi connectivity index (χ4v) is 4.06. The molecule has 0 fully saturated rings. The molecule has 178 valence electrons. The first-order chi connectivity index (χ1) is 16.9. The number of benzene rings is 3. The Hall–Kier alpha value is -4.16. The van der Waals surface area contributed by atoms with Crippen molar-refractivity contribution in [1.82, 2.24) is 0 Å². The van der Waals surface area contributed by atoms with E-state index in [1.165, 1.54) is 14.2 Å². The largest absolute Gasteiger partial charge is 0.493 e. The van der Waals surface area contributed by atoms with E-state index in [4.69, 9.17) is 29.4 Å². The maximum absolute atomic E-state index is 12.3. The average molecular weight is 537 g/mol. The molecule has 8 nitrogen and oxygen atoms in total. The van der Waals surface area contributed by atoms with Gasteiger partial charge in [-0.1, -0.05) is 34.1 Å². The van der Waals surface area contributed by atoms with E-state index < -0.39 is 11.9 Å². The molecular formula is C26H21BrN2O6. The van der Waals surface area contributed by atoms with Crippen LogP contribution in [0.2, 0.25) is 0 Å². The highest BCUT2D eigenvalue weighted by atomic mass is 79.9. The van der Waals surface area contributed by atoms with Gasteiger partial charge in [0.25, 0.3) is 0 Å². The van der Waals surface area contributed by atoms with E-state index in [9.17, 15) is 10.1 Å². The van der Waals surface area contributed by atoms with Crippen molar-refractivity contribution in [2.45, 2.75) is 5.92 Å². The number of carbonyl (C=O) groups excluding carboxylic acids is 1. The number of ether oxygens (including phenoxy) is 5. The minimum atomic E-state index is -0.587. The molecule has 0 radical (unpaired) electrons. The quantitative estimate of drug-likeness (QED) is 0.342. The zero-order valence-electron chi connectivity index (χ0n) is 18.9. The Labute approximate surface area is 210 Å². The van der Waals surface area contributed by atoms with E-state index in [-0.39, 0.29) is 23.8 Å². The topological polar surface area (TPSA) is 113 Å². The number of hydrogen-bond donors (Lipinski definition) is 1. The lowest BCUT2D eigenvalue weighted by molar-refractivity contribution is -0.136. The number of esters is 1. The van der Waals surface area contributed by atoms with E-state index in [1.54, 1.807) is 42.5 Å². The van der Waals surface area contributed by atoms with Crippen LogP contribution in [0.25, 0.3) is 0 Å². The Morgan fingerprint density at radius 2 is 1.80 bits per heavy atom. The minimum absolute atomic E-state index is 0.0445. The predicted octanol–water partition coefficient (Wildman–Crippen LogP) is 4.67. The molecule has 1 atom stereocenters. The molecule has 3 aromatic rings. The van der Waals surface area contributed by atoms with Crippen molar-refractivity contribution in [2.24, 2.45) is 5.73 Å². The van der Waals surface area contributed by atoms with E-state index in [0.717, 1.165) is 4.47 Å². The molecule has 1 heterocycles. The van der Waals surface area contributed by atoms with Crippen LogP contribution in [0, 0.1) is 11.3 Å². The summed E-state index contributed by atoms with van der Waals surface area (Å²) in [6.45, 7) is -0.274. The summed E-state index contributed by atoms with van der Waals surface area (Å²) in [5.74, 6) is 0.940. The van der Waals surface area contributed by atoms with Crippen LogP contribution in [0.1, 0.15) is 17.0 Å². The zero-order valence-corrected chi connectivity index (χ0v) is 20.5. The smallest absolute Gasteiger partial charge is 0.349 e. The van der Waals surface area contributed by atoms with Gasteiger partial charge in [0.1, 0.15) is 28.9 Å². The first-order valence-electron chi connectivity index (χ1n) is 10.5. The van der Waals surface area contributed by atoms with Gasteiger partial charge in [0.05, 0.1) is 20.1 Å². The van der Waals surface area contributed by atoms with Gasteiger partial charge in [-0.3, -0.25) is 0 Å². The fourth-order valence-electron chi connectivity index (χ4n) is 3.79. The number of nitriles is 1. The molecule has 0 aromatic heterocycles. The van der Waals surface area contributed by atoms with Gasteiger partial charge >= 0.3 is 5.97 Å². The van der Waals surface area contributed by atoms with Gasteiger partial charge in [0.2, 0.25) is 5.88 Å². The molecular weight excluding hydrogens is 516 g/mol. The van der Waals surface area contributed by atoms with Crippen LogP contribution in [-0.2, 0) is 4.79 Å². The third kappa shape index (κ3) is 5.03. The van der Waals surface area contributed by atoms with Crippen molar-refractivity contribution < 1.29 is 28.5 Å². The van der Waals surface area contributed by atoms with Crippen molar-refractivity contribution in [3.8, 4) is 34.8 Å². The van der Waals surface area contributed by atoms with Gasteiger partial charge in [-0.25, -0.2) is 4.79 Å². The van der Waals surface area contributed by atoms with E-state index in [2.05, 4.69) is 22.0 Å². The third-order valence-corrected chi connectivity index (χ3v) is 5.87. The normalized spacial score (nSPS) is 14.3. The molecule has 0 aliphatic carbocycles. The molecule has 35 heavy (non-hydrogen) atoms. The highest BCUT2D eigenvalue weighted by Gasteiger charge is 2.33. The fraction of sp³-hybridized carbons (Fsp3) is 0.154. The first-order valence-corrected chi connectivity index (χ1v) is 11.3. The van der Waals surface area contributed by atoms with Crippen LogP contribution in [0.4, 0.5) is 0 Å². The number of fused-ring (bicyclic) bond motifs is 1. The number of methoxy groups -OCH3 is 2. The second kappa shape index (κ2) is 10.4. The summed E-state index contributed by atoms with van der Waals surface area (Å²) in [7, 11) is 3.07. The number of nitrogens with zero attached hydrogens (tertiary/aromatic N) is 1. The Morgan fingerprint density at radius 1 is 1.06 bits per heavy atom. The lowest BCUT2D eigenvalue weighted by Crippen LogP contribution is -2.22. The zero-order chi connectivity index (χ0) is 24.9. The van der Waals surface area contributed by atoms with Gasteiger partial charge in [-0.2, -0.15) is 5.26 Å². The lowest BCUT2D eigenvalue weighted by atomic mass is 9.83. The molecule has 2 N–H and O–H groups in total. The number of allylic oxidation sites excluding steroid dienone is 1. The third-order valence-electron chi connectivity index (χ3n) is 5.34. The van der Waals surface area contributed by atoms with Crippen LogP contribution in [0.3, 0.4) is 0 Å². The van der Waals surface area contributed by atoms with E-state index >= 15 is 0 Å². The SMILES string of the molecule is COc1cccc(C2C(C#N)=C(N)Oc3cc(OC(=O)COc4ccc(Br)cc4)ccc32)c1OC. The molecule has 0 saturated carbocycles. The number of rotatable bonds is 7. The maximum Gasteiger partial charge on any atom is 0.349 e. The van der Waals surface area contributed by atoms with E-state index in [0.29, 0.717) is 34.1 Å². The van der Waals surface area contributed by atoms with Crippen LogP contribution >= 0.6 is 15.9 Å². The second-order valence-corrected chi connectivity index (χ2v) is 8.34. The van der Waals surface area contributed by atoms with Crippen LogP contribution in [0.15, 0.2) is 76.6 Å². The molecule has 4 rings (SSSR count). The van der Waals surface area contributed by atoms with E-state index in [1.807, 2.05) is 18.2 Å². The molecule has 9 heteroatoms. The second-order valence-electron chi connectivity index (χ2n) is 7.42. The average Bonchev–Trinajstić information content (AvgIpc) is 2.86. The number of hydrogen-bond acceptors (Lipinski definition) is 8. The molecule has 0 saturated heterocycles. The molecule has 3 aromatic carbocycles. The summed E-state index contributed by atoms with van der Waals surface area (Å²) in [5.41, 5.74) is 7.68. The molecule has 0 bridgehead atoms. The number of halogens is 1. The Bertz CT molecular complexity index is 1330. The molecule has 1 aliphatic heterocycles. The van der Waals surface area contributed by atoms with Crippen molar-refractivity contribution in [3.05, 3.63) is 87.7 Å². The summed E-state index contributed by atoms with van der Waals surface area (Å²) in [6, 6.07) is 19.5. The predicted molar refractivity (Wildman–Crippen MR) is 131 cm³/mol. The summed E-state index contributed by atoms with van der Waals surface area (Å²) >= 11 is 3.34. The van der Waals surface area contributed by atoms with Gasteiger partial charge < -0.3 is 29.4 Å². The molecule has 1 aliphatic rings. The van der Waals surface area contributed by atoms with Crippen molar-refractivity contribution >= 4 is 21.9 Å². The monoisotopic (exact) mass is 536 g/mol. The van der Waals surface area contributed by atoms with Gasteiger partial charge in [0, 0.05) is 21.7 Å². The van der Waals surface area contributed by atoms with Crippen LogP contribution in [-0.4, -0.2) is 26.8 Å². The summed E-state index contributed by atoms with van der Waals surface area (Å²) in [6.07, 6.45) is 0. The number of nitrogens with two attached hydrogens (primary N) is 1. The van der Waals surface area contributed by atoms with Gasteiger partial charge in [0.15, 0.2) is 18.1 Å². The van der Waals surface area contributed by atoms with Crippen molar-refractivity contribution in [2.75, 3.05) is 20.8 Å². The Balaban J connectivity index is 1.60. The minimum Gasteiger partial charge on any atom is -0.493 e. The number of carbonyl (C=O) groups is 1.